The number of nitrogens with one attached hydrogen (secondary N) is 1. The number of oxime groups is 1. The Balaban J connectivity index is 1.26. The van der Waals surface area contributed by atoms with E-state index in [1.54, 1.807) is 0 Å². The van der Waals surface area contributed by atoms with E-state index in [9.17, 15) is 4.79 Å². The van der Waals surface area contributed by atoms with Crippen LogP contribution in [0.2, 0.25) is 0 Å². The summed E-state index contributed by atoms with van der Waals surface area (Å²) in [6.45, 7) is 9.84. The van der Waals surface area contributed by atoms with Crippen LogP contribution in [0, 0.1) is 0 Å². The molecule has 0 saturated carbocycles. The molecule has 8 nitrogen and oxygen atoms in total. The van der Waals surface area contributed by atoms with Gasteiger partial charge in [-0.15, -0.1) is 0 Å². The molecule has 5 rings (SSSR count). The number of nitrogens with zero attached hydrogens (tertiary/aromatic N) is 4. The first-order valence-electron chi connectivity index (χ1n) is 13.5. The van der Waals surface area contributed by atoms with Crippen molar-refractivity contribution in [3.8, 4) is 0 Å². The normalized spacial score (nSPS) is 19.5. The number of rotatable bonds is 9. The average Bonchev–Trinajstić information content (AvgIpc) is 3.34. The van der Waals surface area contributed by atoms with Crippen molar-refractivity contribution >= 4 is 54.4 Å². The fourth-order valence-corrected chi connectivity index (χ4v) is 6.70. The van der Waals surface area contributed by atoms with Crippen LogP contribution in [-0.4, -0.2) is 103 Å². The molecule has 2 fully saturated rings. The molecule has 1 N–H and O–H groups in total. The lowest BCUT2D eigenvalue weighted by Crippen LogP contribution is -2.56. The number of piperazine rings is 1. The lowest BCUT2D eigenvalue weighted by atomic mass is 10.00. The van der Waals surface area contributed by atoms with E-state index in [-0.39, 0.29) is 11.9 Å². The van der Waals surface area contributed by atoms with Gasteiger partial charge in [-0.25, -0.2) is 0 Å². The van der Waals surface area contributed by atoms with Crippen molar-refractivity contribution < 1.29 is 14.4 Å². The smallest absolute Gasteiger partial charge is 0.254 e. The molecule has 10 heteroatoms. The van der Waals surface area contributed by atoms with Crippen LogP contribution < -0.4 is 0 Å². The molecule has 3 heterocycles. The van der Waals surface area contributed by atoms with Crippen molar-refractivity contribution in [1.82, 2.24) is 19.7 Å². The first kappa shape index (κ1) is 28.3. The monoisotopic (exact) mass is 659 g/mol. The van der Waals surface area contributed by atoms with Gasteiger partial charge in [0.1, 0.15) is 6.61 Å². The summed E-state index contributed by atoms with van der Waals surface area (Å²) in [6.07, 6.45) is 2.85. The lowest BCUT2D eigenvalue weighted by Gasteiger charge is -2.41. The largest absolute Gasteiger partial charge is 0.394 e. The summed E-state index contributed by atoms with van der Waals surface area (Å²) < 4.78 is 7.17. The number of benzene rings is 2. The summed E-state index contributed by atoms with van der Waals surface area (Å²) in [5.41, 5.74) is 3.97. The zero-order valence-corrected chi connectivity index (χ0v) is 25.4. The van der Waals surface area contributed by atoms with Crippen molar-refractivity contribution in [2.45, 2.75) is 19.4 Å². The number of carbonyl (C=O) groups is 1. The molecule has 2 aliphatic rings. The Labute approximate surface area is 246 Å². The van der Waals surface area contributed by atoms with E-state index in [1.165, 1.54) is 10.9 Å². The van der Waals surface area contributed by atoms with Crippen LogP contribution in [0.15, 0.2) is 62.8 Å². The van der Waals surface area contributed by atoms with Gasteiger partial charge in [-0.2, -0.15) is 0 Å². The van der Waals surface area contributed by atoms with Crippen LogP contribution in [0.3, 0.4) is 0 Å². The number of H-pyrrole nitrogens is 1. The number of hydrogen-bond donors (Lipinski definition) is 1. The summed E-state index contributed by atoms with van der Waals surface area (Å²) in [4.78, 5) is 29.5. The predicted molar refractivity (Wildman–Crippen MR) is 161 cm³/mol. The van der Waals surface area contributed by atoms with Crippen molar-refractivity contribution in [1.29, 1.82) is 0 Å². The second-order valence-electron chi connectivity index (χ2n) is 10.2. The molecule has 0 spiro atoms. The summed E-state index contributed by atoms with van der Waals surface area (Å²) in [6, 6.07) is 14.1. The number of halogens is 2. The number of aromatic nitrogens is 1. The number of fused-ring (bicyclic) bond motifs is 1. The standard InChI is InChI=1S/C29H35Br2N5O3/c1-21(33-39-13-10-34-8-11-38-12-9-34)19-35-6-7-36(29(37)22-14-24(30)17-25(31)15-22)26(20-35)16-23-18-32-28-5-3-2-4-27(23)28/h2-5,14-15,17-18,26,32H,6-13,16,19-20H2,1H3/t26-/m1/s1. The topological polar surface area (TPSA) is 73.4 Å². The number of aromatic amines is 1. The molecule has 1 atom stereocenters. The highest BCUT2D eigenvalue weighted by Gasteiger charge is 2.32. The van der Waals surface area contributed by atoms with Crippen LogP contribution in [0.25, 0.3) is 10.9 Å². The molecule has 2 aliphatic heterocycles. The maximum atomic E-state index is 13.7. The van der Waals surface area contributed by atoms with Gasteiger partial charge in [-0.3, -0.25) is 14.6 Å². The fourth-order valence-electron chi connectivity index (χ4n) is 5.41. The highest BCUT2D eigenvalue weighted by atomic mass is 79.9. The second-order valence-corrected chi connectivity index (χ2v) is 12.1. The van der Waals surface area contributed by atoms with E-state index in [1.807, 2.05) is 36.1 Å². The third-order valence-electron chi connectivity index (χ3n) is 7.34. The van der Waals surface area contributed by atoms with Gasteiger partial charge in [0.25, 0.3) is 5.91 Å². The molecular formula is C29H35Br2N5O3. The molecule has 0 bridgehead atoms. The third-order valence-corrected chi connectivity index (χ3v) is 8.26. The third kappa shape index (κ3) is 7.49. The number of ether oxygens (including phenoxy) is 1. The van der Waals surface area contributed by atoms with Crippen molar-refractivity contribution in [2.75, 3.05) is 65.6 Å². The quantitative estimate of drug-likeness (QED) is 0.203. The van der Waals surface area contributed by atoms with Gasteiger partial charge in [0.15, 0.2) is 0 Å². The number of morpholine rings is 1. The minimum atomic E-state index is 0.0262. The van der Waals surface area contributed by atoms with E-state index < -0.39 is 0 Å². The number of amides is 1. The molecule has 0 radical (unpaired) electrons. The molecular weight excluding hydrogens is 626 g/mol. The molecule has 3 aromatic rings. The molecule has 39 heavy (non-hydrogen) atoms. The highest BCUT2D eigenvalue weighted by molar-refractivity contribution is 9.11. The van der Waals surface area contributed by atoms with Gasteiger partial charge in [-0.05, 0) is 43.2 Å². The van der Waals surface area contributed by atoms with Crippen LogP contribution >= 0.6 is 31.9 Å². The van der Waals surface area contributed by atoms with Crippen molar-refractivity contribution in [3.63, 3.8) is 0 Å². The maximum Gasteiger partial charge on any atom is 0.254 e. The number of carbonyl (C=O) groups excluding carboxylic acids is 1. The minimum Gasteiger partial charge on any atom is -0.394 e. The SMILES string of the molecule is CC(CN1CCN(C(=O)c2cc(Br)cc(Br)c2)[C@H](Cc2c[nH]c3ccccc23)C1)=NOCCN1CCOCC1. The van der Waals surface area contributed by atoms with Gasteiger partial charge < -0.3 is 19.5 Å². The van der Waals surface area contributed by atoms with Crippen LogP contribution in [-0.2, 0) is 16.0 Å². The van der Waals surface area contributed by atoms with E-state index in [4.69, 9.17) is 9.57 Å². The minimum absolute atomic E-state index is 0.0262. The molecule has 2 saturated heterocycles. The van der Waals surface area contributed by atoms with Gasteiger partial charge in [0.05, 0.1) is 18.9 Å². The summed E-state index contributed by atoms with van der Waals surface area (Å²) in [5, 5.41) is 5.59. The van der Waals surface area contributed by atoms with Gasteiger partial charge in [0, 0.05) is 83.5 Å². The molecule has 2 aromatic carbocycles. The summed E-state index contributed by atoms with van der Waals surface area (Å²) >= 11 is 7.07. The van der Waals surface area contributed by atoms with E-state index >= 15 is 0 Å². The molecule has 1 amide bonds. The predicted octanol–water partition coefficient (Wildman–Crippen LogP) is 4.79. The zero-order chi connectivity index (χ0) is 27.2. The van der Waals surface area contributed by atoms with Crippen LogP contribution in [0.5, 0.6) is 0 Å². The Morgan fingerprint density at radius 2 is 1.85 bits per heavy atom. The Hall–Kier alpha value is -2.24. The van der Waals surface area contributed by atoms with Gasteiger partial charge in [0.2, 0.25) is 0 Å². The van der Waals surface area contributed by atoms with Gasteiger partial charge in [-0.1, -0.05) is 55.2 Å². The van der Waals surface area contributed by atoms with Crippen LogP contribution in [0.4, 0.5) is 0 Å². The van der Waals surface area contributed by atoms with Gasteiger partial charge >= 0.3 is 0 Å². The van der Waals surface area contributed by atoms with E-state index in [0.717, 1.165) is 72.5 Å². The van der Waals surface area contributed by atoms with Crippen molar-refractivity contribution in [3.05, 3.63) is 68.7 Å². The Morgan fingerprint density at radius 1 is 1.08 bits per heavy atom. The zero-order valence-electron chi connectivity index (χ0n) is 22.2. The highest BCUT2D eigenvalue weighted by Crippen LogP contribution is 2.26. The maximum absolute atomic E-state index is 13.7. The van der Waals surface area contributed by atoms with Crippen LogP contribution in [0.1, 0.15) is 22.8 Å². The first-order valence-corrected chi connectivity index (χ1v) is 15.0. The summed E-state index contributed by atoms with van der Waals surface area (Å²) in [5.74, 6) is 0.0540. The summed E-state index contributed by atoms with van der Waals surface area (Å²) in [7, 11) is 0. The molecule has 0 aliphatic carbocycles. The first-order chi connectivity index (χ1) is 19.0. The molecule has 208 valence electrons. The fraction of sp³-hybridized carbons (Fsp3) is 0.448. The molecule has 1 aromatic heterocycles. The van der Waals surface area contributed by atoms with E-state index in [0.29, 0.717) is 25.3 Å². The second kappa shape index (κ2) is 13.4. The Morgan fingerprint density at radius 3 is 2.64 bits per heavy atom. The Bertz CT molecular complexity index is 1290. The lowest BCUT2D eigenvalue weighted by molar-refractivity contribution is 0.0209. The average molecular weight is 661 g/mol. The number of para-hydroxylation sites is 1. The van der Waals surface area contributed by atoms with E-state index in [2.05, 4.69) is 76.2 Å². The Kier molecular flexibility index (Phi) is 9.73. The number of hydrogen-bond acceptors (Lipinski definition) is 6. The molecule has 0 unspecified atom stereocenters. The van der Waals surface area contributed by atoms with Crippen molar-refractivity contribution in [2.24, 2.45) is 5.16 Å².